The number of nitrogens with zero attached hydrogens (tertiary/aromatic N) is 3. The summed E-state index contributed by atoms with van der Waals surface area (Å²) in [5, 5.41) is 6.24. The van der Waals surface area contributed by atoms with Gasteiger partial charge in [0.25, 0.3) is 0 Å². The lowest BCUT2D eigenvalue weighted by Gasteiger charge is -2.11. The van der Waals surface area contributed by atoms with Crippen LogP contribution < -0.4 is 0 Å². The van der Waals surface area contributed by atoms with Gasteiger partial charge < -0.3 is 0 Å². The van der Waals surface area contributed by atoms with Crippen LogP contribution in [0.1, 0.15) is 0 Å². The first-order chi connectivity index (χ1) is 22.3. The van der Waals surface area contributed by atoms with Gasteiger partial charge in [-0.2, -0.15) is 0 Å². The third kappa shape index (κ3) is 3.69. The maximum Gasteiger partial charge on any atom is 0.235 e. The first kappa shape index (κ1) is 25.0. The summed E-state index contributed by atoms with van der Waals surface area (Å²) in [6, 6.07) is 49.8. The van der Waals surface area contributed by atoms with Gasteiger partial charge in [0.1, 0.15) is 0 Å². The maximum absolute atomic E-state index is 5.41. The first-order valence-electron chi connectivity index (χ1n) is 15.0. The lowest BCUT2D eigenvalue weighted by molar-refractivity contribution is 1.02. The molecule has 10 aromatic rings. The molecule has 0 aliphatic carbocycles. The summed E-state index contributed by atoms with van der Waals surface area (Å²) in [5.41, 5.74) is 7.67. The van der Waals surface area contributed by atoms with Crippen molar-refractivity contribution in [3.8, 4) is 28.3 Å². The molecular weight excluding hydrogens is 587 g/mol. The molecule has 210 valence electrons. The molecule has 0 radical (unpaired) electrons. The van der Waals surface area contributed by atoms with E-state index in [1.54, 1.807) is 11.3 Å². The van der Waals surface area contributed by atoms with Crippen molar-refractivity contribution in [1.29, 1.82) is 0 Å². The summed E-state index contributed by atoms with van der Waals surface area (Å²) >= 11 is 3.62. The molecule has 0 aliphatic heterocycles. The SMILES string of the molecule is c1ccc(-c2ccc(-c3nc(-n4c5ccccc5c5c6c(ccc54)sc4ccccc46)nc4c3sc3ccccc34)cc2)cc1. The minimum absolute atomic E-state index is 0.693. The zero-order valence-corrected chi connectivity index (χ0v) is 25.6. The van der Waals surface area contributed by atoms with E-state index in [0.717, 1.165) is 37.9 Å². The molecule has 4 aromatic heterocycles. The minimum atomic E-state index is 0.693. The van der Waals surface area contributed by atoms with Crippen LogP contribution in [-0.2, 0) is 0 Å². The Morgan fingerprint density at radius 3 is 1.89 bits per heavy atom. The lowest BCUT2D eigenvalue weighted by Crippen LogP contribution is -2.02. The van der Waals surface area contributed by atoms with Gasteiger partial charge in [-0.15, -0.1) is 22.7 Å². The quantitative estimate of drug-likeness (QED) is 0.199. The van der Waals surface area contributed by atoms with E-state index in [-0.39, 0.29) is 0 Å². The second-order valence-corrected chi connectivity index (χ2v) is 13.5. The third-order valence-electron chi connectivity index (χ3n) is 8.85. The predicted octanol–water partition coefficient (Wildman–Crippen LogP) is 11.6. The number of benzene rings is 6. The third-order valence-corrected chi connectivity index (χ3v) is 11.2. The highest BCUT2D eigenvalue weighted by atomic mass is 32.1. The number of para-hydroxylation sites is 1. The average molecular weight is 610 g/mol. The van der Waals surface area contributed by atoms with Crippen molar-refractivity contribution in [2.24, 2.45) is 0 Å². The summed E-state index contributed by atoms with van der Waals surface area (Å²) in [7, 11) is 0. The van der Waals surface area contributed by atoms with Gasteiger partial charge in [-0.1, -0.05) is 109 Å². The second kappa shape index (κ2) is 9.57. The molecule has 0 bridgehead atoms. The number of aromatic nitrogens is 3. The molecule has 45 heavy (non-hydrogen) atoms. The normalized spacial score (nSPS) is 12.0. The predicted molar refractivity (Wildman–Crippen MR) is 193 cm³/mol. The molecule has 0 saturated carbocycles. The fourth-order valence-electron chi connectivity index (χ4n) is 6.82. The highest BCUT2D eigenvalue weighted by Crippen LogP contribution is 2.44. The molecule has 0 aliphatic rings. The van der Waals surface area contributed by atoms with Crippen molar-refractivity contribution < 1.29 is 0 Å². The molecule has 4 heterocycles. The standard InChI is InChI=1S/C40H23N3S2/c1-2-10-24(11-3-1)25-18-20-26(21-19-25)37-39-38(29-14-6-9-17-33(29)45-39)42-40(41-37)43-30-15-7-4-12-27(30)35-31(43)22-23-34-36(35)28-13-5-8-16-32(28)44-34/h1-23H. The molecule has 6 aromatic carbocycles. The summed E-state index contributed by atoms with van der Waals surface area (Å²) < 4.78 is 7.20. The molecule has 3 nitrogen and oxygen atoms in total. The Labute approximate surface area is 266 Å². The van der Waals surface area contributed by atoms with Crippen molar-refractivity contribution in [1.82, 2.24) is 14.5 Å². The van der Waals surface area contributed by atoms with Crippen LogP contribution >= 0.6 is 22.7 Å². The van der Waals surface area contributed by atoms with E-state index in [2.05, 4.69) is 144 Å². The fourth-order valence-corrected chi connectivity index (χ4v) is 9.08. The summed E-state index contributed by atoms with van der Waals surface area (Å²) in [6.45, 7) is 0. The molecule has 0 fully saturated rings. The van der Waals surface area contributed by atoms with Crippen LogP contribution in [0.25, 0.3) is 90.6 Å². The number of hydrogen-bond donors (Lipinski definition) is 0. The number of fused-ring (bicyclic) bond motifs is 10. The van der Waals surface area contributed by atoms with E-state index in [1.165, 1.54) is 46.8 Å². The Balaban J connectivity index is 1.29. The van der Waals surface area contributed by atoms with Crippen molar-refractivity contribution in [3.05, 3.63) is 140 Å². The van der Waals surface area contributed by atoms with Crippen molar-refractivity contribution in [2.45, 2.75) is 0 Å². The molecule has 0 N–H and O–H groups in total. The zero-order chi connectivity index (χ0) is 29.5. The van der Waals surface area contributed by atoms with E-state index in [1.807, 2.05) is 11.3 Å². The maximum atomic E-state index is 5.41. The van der Waals surface area contributed by atoms with Crippen LogP contribution in [0.4, 0.5) is 0 Å². The van der Waals surface area contributed by atoms with E-state index in [0.29, 0.717) is 5.95 Å². The monoisotopic (exact) mass is 609 g/mol. The van der Waals surface area contributed by atoms with Crippen molar-refractivity contribution >= 4 is 85.0 Å². The molecule has 0 unspecified atom stereocenters. The van der Waals surface area contributed by atoms with Crippen LogP contribution in [0.3, 0.4) is 0 Å². The van der Waals surface area contributed by atoms with Gasteiger partial charge in [0, 0.05) is 46.6 Å². The summed E-state index contributed by atoms with van der Waals surface area (Å²) in [4.78, 5) is 10.8. The van der Waals surface area contributed by atoms with Gasteiger partial charge in [-0.25, -0.2) is 9.97 Å². The van der Waals surface area contributed by atoms with Gasteiger partial charge in [-0.3, -0.25) is 4.57 Å². The highest BCUT2D eigenvalue weighted by molar-refractivity contribution is 7.26. The average Bonchev–Trinajstić information content (AvgIpc) is 3.78. The highest BCUT2D eigenvalue weighted by Gasteiger charge is 2.22. The Morgan fingerprint density at radius 2 is 1.07 bits per heavy atom. The Hall–Kier alpha value is -5.36. The van der Waals surface area contributed by atoms with Gasteiger partial charge >= 0.3 is 0 Å². The number of rotatable bonds is 3. The van der Waals surface area contributed by atoms with Crippen LogP contribution in [0, 0.1) is 0 Å². The largest absolute Gasteiger partial charge is 0.278 e. The van der Waals surface area contributed by atoms with Gasteiger partial charge in [0.05, 0.1) is 26.9 Å². The molecule has 0 spiro atoms. The van der Waals surface area contributed by atoms with E-state index < -0.39 is 0 Å². The van der Waals surface area contributed by atoms with Gasteiger partial charge in [0.15, 0.2) is 0 Å². The lowest BCUT2D eigenvalue weighted by atomic mass is 10.0. The number of thiophene rings is 2. The molecule has 0 saturated heterocycles. The first-order valence-corrected chi connectivity index (χ1v) is 16.6. The molecule has 10 rings (SSSR count). The summed E-state index contributed by atoms with van der Waals surface area (Å²) in [5.74, 6) is 0.693. The van der Waals surface area contributed by atoms with Gasteiger partial charge in [-0.05, 0) is 41.5 Å². The second-order valence-electron chi connectivity index (χ2n) is 11.4. The molecule has 0 atom stereocenters. The molecular formula is C40H23N3S2. The van der Waals surface area contributed by atoms with Crippen LogP contribution in [0.15, 0.2) is 140 Å². The Kier molecular flexibility index (Phi) is 5.32. The van der Waals surface area contributed by atoms with Crippen molar-refractivity contribution in [2.75, 3.05) is 0 Å². The van der Waals surface area contributed by atoms with Crippen LogP contribution in [0.2, 0.25) is 0 Å². The number of hydrogen-bond acceptors (Lipinski definition) is 4. The van der Waals surface area contributed by atoms with Crippen LogP contribution in [0.5, 0.6) is 0 Å². The smallest absolute Gasteiger partial charge is 0.235 e. The van der Waals surface area contributed by atoms with E-state index in [4.69, 9.17) is 9.97 Å². The van der Waals surface area contributed by atoms with Crippen molar-refractivity contribution in [3.63, 3.8) is 0 Å². The zero-order valence-electron chi connectivity index (χ0n) is 23.9. The molecule has 5 heteroatoms. The topological polar surface area (TPSA) is 30.7 Å². The van der Waals surface area contributed by atoms with E-state index in [9.17, 15) is 0 Å². The summed E-state index contributed by atoms with van der Waals surface area (Å²) in [6.07, 6.45) is 0. The van der Waals surface area contributed by atoms with E-state index >= 15 is 0 Å². The molecule has 0 amide bonds. The minimum Gasteiger partial charge on any atom is -0.278 e. The van der Waals surface area contributed by atoms with Crippen LogP contribution in [-0.4, -0.2) is 14.5 Å². The Morgan fingerprint density at radius 1 is 0.422 bits per heavy atom. The Bertz CT molecular complexity index is 2750. The van der Waals surface area contributed by atoms with Gasteiger partial charge in [0.2, 0.25) is 5.95 Å². The fraction of sp³-hybridized carbons (Fsp3) is 0.